The van der Waals surface area contributed by atoms with Crippen LogP contribution in [-0.2, 0) is 75.2 Å². The SMILES string of the molecule is CC(C)(C)c1cc(Oc2[c-]c3c(cc2)c2ccccc2n3-c2cc(C(C)(C)C)ccn2)[c-]c(-n2[c-][n+](-c3c(-c4cc(-c5cc(C(C)(C)C)cc(C(C)(C)C)c5)cc(-c5cc(C(C)(C)C)cc(C(C)(C)C)c5)c4)cccc3-c3cc(-c4cc(C(C)(C)C)cc(C(C)(C)C)c4)cc(-c4cc(C(C)(C)C)cc(C(C)(C)C)c4)c3)c3ccccc32)c1.[Pt]. The molecule has 0 fully saturated rings. The summed E-state index contributed by atoms with van der Waals surface area (Å²) in [6, 6.07) is 89.5. The summed E-state index contributed by atoms with van der Waals surface area (Å²) < 4.78 is 14.0. The molecular formula is C112H126N4OPt-2. The number of imidazole rings is 1. The zero-order valence-electron chi connectivity index (χ0n) is 76.3. The average Bonchev–Trinajstić information content (AvgIpc) is 1.53. The monoisotopic (exact) mass is 1740 g/mol. The molecule has 0 bridgehead atoms. The second-order valence-electron chi connectivity index (χ2n) is 43.8. The summed E-state index contributed by atoms with van der Waals surface area (Å²) in [7, 11) is 0. The average molecular weight is 1740 g/mol. The number of nitrogens with zero attached hydrogens (tertiary/aromatic N) is 4. The maximum Gasteiger partial charge on any atom is 0.268 e. The van der Waals surface area contributed by atoms with Crippen LogP contribution in [0.2, 0.25) is 0 Å². The number of para-hydroxylation sites is 4. The van der Waals surface area contributed by atoms with Gasteiger partial charge >= 0.3 is 0 Å². The molecule has 0 saturated carbocycles. The van der Waals surface area contributed by atoms with Gasteiger partial charge in [0.05, 0.1) is 16.7 Å². The second-order valence-corrected chi connectivity index (χ2v) is 43.8. The van der Waals surface area contributed by atoms with E-state index in [1.54, 1.807) is 0 Å². The largest absolute Gasteiger partial charge is 0.510 e. The van der Waals surface area contributed by atoms with Crippen LogP contribution < -0.4 is 9.30 Å². The molecule has 0 amide bonds. The minimum Gasteiger partial charge on any atom is -0.510 e. The molecule has 6 heteroatoms. The van der Waals surface area contributed by atoms with E-state index in [0.717, 1.165) is 100 Å². The summed E-state index contributed by atoms with van der Waals surface area (Å²) in [5.41, 5.74) is 30.8. The van der Waals surface area contributed by atoms with E-state index in [4.69, 9.17) is 9.72 Å². The fraction of sp³-hybridized carbons (Fsp3) is 0.357. The normalized spacial score (nSPS) is 13.1. The van der Waals surface area contributed by atoms with Crippen LogP contribution in [0.1, 0.15) is 263 Å². The van der Waals surface area contributed by atoms with Crippen LogP contribution >= 0.6 is 0 Å². The number of benzene rings is 11. The topological polar surface area (TPSA) is 35.9 Å². The minimum absolute atomic E-state index is 0. The first-order valence-electron chi connectivity index (χ1n) is 42.5. The van der Waals surface area contributed by atoms with Crippen molar-refractivity contribution in [2.45, 2.75) is 262 Å². The molecule has 3 aromatic heterocycles. The molecule has 5 nitrogen and oxygen atoms in total. The predicted octanol–water partition coefficient (Wildman–Crippen LogP) is 30.6. The number of fused-ring (bicyclic) bond motifs is 4. The number of hydrogen-bond donors (Lipinski definition) is 0. The smallest absolute Gasteiger partial charge is 0.268 e. The Morgan fingerprint density at radius 2 is 0.636 bits per heavy atom. The summed E-state index contributed by atoms with van der Waals surface area (Å²) in [6.07, 6.45) is 6.12. The fourth-order valence-corrected chi connectivity index (χ4v) is 16.0. The van der Waals surface area contributed by atoms with Crippen molar-refractivity contribution in [1.29, 1.82) is 0 Å². The van der Waals surface area contributed by atoms with E-state index in [9.17, 15) is 0 Å². The summed E-state index contributed by atoms with van der Waals surface area (Å²) >= 11 is 0. The first-order valence-corrected chi connectivity index (χ1v) is 42.5. The molecule has 3 heterocycles. The van der Waals surface area contributed by atoms with Crippen molar-refractivity contribution in [2.75, 3.05) is 0 Å². The number of rotatable bonds is 11. The van der Waals surface area contributed by atoms with Crippen molar-refractivity contribution >= 4 is 32.8 Å². The first kappa shape index (κ1) is 86.2. The van der Waals surface area contributed by atoms with Gasteiger partial charge in [-0.1, -0.05) is 347 Å². The molecule has 0 radical (unpaired) electrons. The molecule has 14 aromatic rings. The van der Waals surface area contributed by atoms with Crippen molar-refractivity contribution < 1.29 is 30.4 Å². The molecule has 0 N–H and O–H groups in total. The summed E-state index contributed by atoms with van der Waals surface area (Å²) in [6.45, 7) is 69.9. The maximum absolute atomic E-state index is 7.23. The van der Waals surface area contributed by atoms with E-state index in [1.165, 1.54) is 72.3 Å². The molecular weight excluding hydrogens is 1610 g/mol. The molecule has 14 rings (SSSR count). The molecule has 612 valence electrons. The third kappa shape index (κ3) is 17.8. The van der Waals surface area contributed by atoms with Gasteiger partial charge in [-0.2, -0.15) is 17.7 Å². The van der Waals surface area contributed by atoms with E-state index < -0.39 is 0 Å². The van der Waals surface area contributed by atoms with E-state index in [0.29, 0.717) is 11.5 Å². The van der Waals surface area contributed by atoms with Gasteiger partial charge in [0.1, 0.15) is 5.82 Å². The molecule has 0 aliphatic heterocycles. The Morgan fingerprint density at radius 1 is 0.288 bits per heavy atom. The molecule has 11 aromatic carbocycles. The van der Waals surface area contributed by atoms with E-state index in [2.05, 4.69) is 446 Å². The van der Waals surface area contributed by atoms with Crippen molar-refractivity contribution in [1.82, 2.24) is 14.1 Å². The summed E-state index contributed by atoms with van der Waals surface area (Å²) in [4.78, 5) is 5.02. The van der Waals surface area contributed by atoms with E-state index in [1.807, 2.05) is 12.3 Å². The minimum atomic E-state index is -0.309. The van der Waals surface area contributed by atoms with Crippen LogP contribution in [0.3, 0.4) is 0 Å². The Morgan fingerprint density at radius 3 is 1.03 bits per heavy atom. The molecule has 0 atom stereocenters. The molecule has 0 saturated heterocycles. The zero-order chi connectivity index (χ0) is 84.8. The van der Waals surface area contributed by atoms with Gasteiger partial charge in [-0.3, -0.25) is 4.57 Å². The van der Waals surface area contributed by atoms with Crippen molar-refractivity contribution in [2.24, 2.45) is 0 Å². The van der Waals surface area contributed by atoms with E-state index in [-0.39, 0.29) is 75.2 Å². The number of aromatic nitrogens is 4. The predicted molar refractivity (Wildman–Crippen MR) is 500 cm³/mol. The van der Waals surface area contributed by atoms with Crippen LogP contribution in [0.5, 0.6) is 11.5 Å². The Balaban J connectivity index is 0.0000121. The Hall–Kier alpha value is -9.67. The molecule has 118 heavy (non-hydrogen) atoms. The van der Waals surface area contributed by atoms with Crippen LogP contribution in [0, 0.1) is 18.5 Å². The van der Waals surface area contributed by atoms with Gasteiger partial charge in [-0.25, -0.2) is 4.98 Å². The molecule has 0 spiro atoms. The molecule has 0 aliphatic rings. The summed E-state index contributed by atoms with van der Waals surface area (Å²) in [5.74, 6) is 1.98. The quantitative estimate of drug-likeness (QED) is 0.0956. The van der Waals surface area contributed by atoms with Gasteiger partial charge in [0.2, 0.25) is 0 Å². The zero-order valence-corrected chi connectivity index (χ0v) is 78.6. The number of ether oxygens (including phenoxy) is 1. The Labute approximate surface area is 722 Å². The van der Waals surface area contributed by atoms with Crippen LogP contribution in [0.4, 0.5) is 0 Å². The van der Waals surface area contributed by atoms with Crippen molar-refractivity contribution in [3.05, 3.63) is 293 Å². The van der Waals surface area contributed by atoms with Crippen LogP contribution in [-0.4, -0.2) is 14.1 Å². The van der Waals surface area contributed by atoms with Gasteiger partial charge in [-0.05, 0) is 237 Å². The third-order valence-electron chi connectivity index (χ3n) is 23.9. The van der Waals surface area contributed by atoms with Crippen molar-refractivity contribution in [3.8, 4) is 95.5 Å². The van der Waals surface area contributed by atoms with Gasteiger partial charge in [0, 0.05) is 44.3 Å². The van der Waals surface area contributed by atoms with Gasteiger partial charge in [-0.15, -0.1) is 29.7 Å². The van der Waals surface area contributed by atoms with Gasteiger partial charge in [0.15, 0.2) is 0 Å². The number of pyridine rings is 1. The summed E-state index contributed by atoms with van der Waals surface area (Å²) in [5, 5.41) is 2.19. The van der Waals surface area contributed by atoms with Gasteiger partial charge in [0.25, 0.3) is 6.33 Å². The third-order valence-corrected chi connectivity index (χ3v) is 23.9. The molecule has 0 aliphatic carbocycles. The second kappa shape index (κ2) is 30.5. The standard InChI is InChI=1S/C112H126N4O.Pt/c1-103(2,3)80-44-45-113-101(66-80)116-97-39-32-31-36-95(97)96-43-42-91(68-100(96)116)117-92-65-89(112(28,29)30)64-90(67-92)114-69-115(99-41-34-33-40-98(99)114)102-93(78-48-70(74-52-81(104(4,5)6)60-82(53-74)105(7,8)9)46-71(49-78)75-54-83(106(10,11)12)61-84(55-75)107(13,14)15)37-35-38-94(102)79-50-72(76-56-85(108(16,17)18)62-86(57-76)109(19,20)21)47-73(51-79)77-58-87(110(22,23)24)63-88(59-77)111(25,26)27;/h31-66H,1-30H3;/q-2;. The van der Waals surface area contributed by atoms with Crippen LogP contribution in [0.25, 0.3) is 117 Å². The Kier molecular flexibility index (Phi) is 22.3. The maximum atomic E-state index is 7.23. The van der Waals surface area contributed by atoms with Crippen LogP contribution in [0.15, 0.2) is 219 Å². The first-order chi connectivity index (χ1) is 54.2. The van der Waals surface area contributed by atoms with Crippen molar-refractivity contribution in [3.63, 3.8) is 0 Å². The Bertz CT molecular complexity index is 5660. The van der Waals surface area contributed by atoms with Gasteiger partial charge < -0.3 is 13.9 Å². The van der Waals surface area contributed by atoms with E-state index >= 15 is 0 Å². The molecule has 0 unspecified atom stereocenters. The number of hydrogen-bond acceptors (Lipinski definition) is 2. The fourth-order valence-electron chi connectivity index (χ4n) is 16.0.